The van der Waals surface area contributed by atoms with E-state index in [0.29, 0.717) is 5.56 Å². The highest BCUT2D eigenvalue weighted by atomic mass is 35.5. The summed E-state index contributed by atoms with van der Waals surface area (Å²) in [4.78, 5) is 23.2. The lowest BCUT2D eigenvalue weighted by Gasteiger charge is -2.14. The molecule has 0 saturated heterocycles. The summed E-state index contributed by atoms with van der Waals surface area (Å²) in [6, 6.07) is 8.48. The van der Waals surface area contributed by atoms with Gasteiger partial charge in [-0.2, -0.15) is 0 Å². The molecule has 120 valence electrons. The van der Waals surface area contributed by atoms with E-state index < -0.39 is 12.1 Å². The Labute approximate surface area is 142 Å². The summed E-state index contributed by atoms with van der Waals surface area (Å²) in [6.07, 6.45) is -1.11. The van der Waals surface area contributed by atoms with Crippen LogP contribution in [0.4, 0.5) is 0 Å². The Morgan fingerprint density at radius 3 is 2.22 bits per heavy atom. The number of hydrogen-bond acceptors (Lipinski definition) is 4. The van der Waals surface area contributed by atoms with Gasteiger partial charge in [-0.3, -0.25) is 4.79 Å². The van der Waals surface area contributed by atoms with Crippen molar-refractivity contribution in [3.63, 3.8) is 0 Å². The Bertz CT molecular complexity index is 756. The zero-order valence-electron chi connectivity index (χ0n) is 11.9. The first-order valence-corrected chi connectivity index (χ1v) is 7.28. The highest BCUT2D eigenvalue weighted by molar-refractivity contribution is 6.45. The molecule has 0 spiro atoms. The lowest BCUT2D eigenvalue weighted by molar-refractivity contribution is -0.144. The second-order valence-electron chi connectivity index (χ2n) is 4.71. The van der Waals surface area contributed by atoms with Gasteiger partial charge in [0.15, 0.2) is 11.9 Å². The van der Waals surface area contributed by atoms with Crippen molar-refractivity contribution in [1.82, 2.24) is 0 Å². The van der Waals surface area contributed by atoms with Crippen molar-refractivity contribution in [1.29, 1.82) is 0 Å². The molecule has 2 aromatic rings. The zero-order chi connectivity index (χ0) is 17.1. The summed E-state index contributed by atoms with van der Waals surface area (Å²) >= 11 is 12.2. The molecule has 2 N–H and O–H groups in total. The van der Waals surface area contributed by atoms with E-state index >= 15 is 0 Å². The molecule has 0 aliphatic carbocycles. The quantitative estimate of drug-likeness (QED) is 0.798. The van der Waals surface area contributed by atoms with Crippen LogP contribution in [0.25, 0.3) is 0 Å². The molecule has 0 bridgehead atoms. The molecule has 1 atom stereocenters. The van der Waals surface area contributed by atoms with Gasteiger partial charge in [0.05, 0.1) is 5.02 Å². The molecule has 0 aliphatic rings. The number of phenolic OH excluding ortho intramolecular Hbond substituents is 1. The minimum Gasteiger partial charge on any atom is -0.508 e. The van der Waals surface area contributed by atoms with Crippen LogP contribution in [0.3, 0.4) is 0 Å². The van der Waals surface area contributed by atoms with E-state index in [0.717, 1.165) is 0 Å². The van der Waals surface area contributed by atoms with E-state index in [9.17, 15) is 14.7 Å². The van der Waals surface area contributed by atoms with Gasteiger partial charge in [0, 0.05) is 11.1 Å². The van der Waals surface area contributed by atoms with Crippen LogP contribution >= 0.6 is 23.2 Å². The fourth-order valence-electron chi connectivity index (χ4n) is 1.81. The van der Waals surface area contributed by atoms with Crippen LogP contribution < -0.4 is 4.74 Å². The normalized spacial score (nSPS) is 11.8. The molecule has 0 heterocycles. The maximum absolute atomic E-state index is 12.4. The Balaban J connectivity index is 2.34. The molecule has 0 aromatic heterocycles. The second-order valence-corrected chi connectivity index (χ2v) is 5.47. The van der Waals surface area contributed by atoms with Gasteiger partial charge >= 0.3 is 5.97 Å². The number of halogens is 2. The number of ether oxygens (including phenoxy) is 1. The largest absolute Gasteiger partial charge is 0.508 e. The Hall–Kier alpha value is -2.24. The molecule has 23 heavy (non-hydrogen) atoms. The molecule has 0 radical (unpaired) electrons. The number of carbonyl (C=O) groups excluding carboxylic acids is 1. The molecule has 2 aromatic carbocycles. The van der Waals surface area contributed by atoms with E-state index in [1.165, 1.54) is 43.3 Å². The van der Waals surface area contributed by atoms with Gasteiger partial charge in [-0.05, 0) is 43.3 Å². The van der Waals surface area contributed by atoms with Crippen LogP contribution in [0.2, 0.25) is 10.0 Å². The van der Waals surface area contributed by atoms with Crippen molar-refractivity contribution in [3.8, 4) is 11.5 Å². The van der Waals surface area contributed by atoms with Crippen LogP contribution in [0.15, 0.2) is 36.4 Å². The standard InChI is InChI=1S/C16H12Cl2O5/c1-8(16(21)22)23-12-7-6-11(13(17)14(12)18)15(20)9-2-4-10(19)5-3-9/h2-8,19H,1H3,(H,21,22)/t8-/m0/s1. The van der Waals surface area contributed by atoms with Crippen molar-refractivity contribution in [3.05, 3.63) is 57.6 Å². The lowest BCUT2D eigenvalue weighted by Crippen LogP contribution is -2.23. The summed E-state index contributed by atoms with van der Waals surface area (Å²) in [5.41, 5.74) is 0.478. The molecule has 0 fully saturated rings. The predicted octanol–water partition coefficient (Wildman–Crippen LogP) is 3.78. The third-order valence-electron chi connectivity index (χ3n) is 3.07. The van der Waals surface area contributed by atoms with Gasteiger partial charge in [-0.15, -0.1) is 0 Å². The number of carbonyl (C=O) groups is 2. The third-order valence-corrected chi connectivity index (χ3v) is 3.94. The number of aliphatic carboxylic acids is 1. The minimum absolute atomic E-state index is 0.0279. The number of phenols is 1. The highest BCUT2D eigenvalue weighted by Gasteiger charge is 2.20. The maximum atomic E-state index is 12.4. The van der Waals surface area contributed by atoms with Gasteiger partial charge in [-0.1, -0.05) is 23.2 Å². The van der Waals surface area contributed by atoms with Crippen LogP contribution in [0, 0.1) is 0 Å². The number of aromatic hydroxyl groups is 1. The van der Waals surface area contributed by atoms with E-state index in [-0.39, 0.29) is 32.9 Å². The predicted molar refractivity (Wildman–Crippen MR) is 85.7 cm³/mol. The van der Waals surface area contributed by atoms with Crippen LogP contribution in [0.5, 0.6) is 11.5 Å². The summed E-state index contributed by atoms with van der Waals surface area (Å²) in [5, 5.41) is 18.0. The average Bonchev–Trinajstić information content (AvgIpc) is 2.52. The fourth-order valence-corrected chi connectivity index (χ4v) is 2.26. The van der Waals surface area contributed by atoms with Crippen molar-refractivity contribution in [2.45, 2.75) is 13.0 Å². The number of hydrogen-bond donors (Lipinski definition) is 2. The van der Waals surface area contributed by atoms with Gasteiger partial charge < -0.3 is 14.9 Å². The van der Waals surface area contributed by atoms with Gasteiger partial charge in [0.25, 0.3) is 0 Å². The first-order chi connectivity index (χ1) is 10.8. The van der Waals surface area contributed by atoms with Crippen molar-refractivity contribution >= 4 is 35.0 Å². The van der Waals surface area contributed by atoms with Crippen molar-refractivity contribution in [2.75, 3.05) is 0 Å². The molecule has 0 amide bonds. The minimum atomic E-state index is -1.15. The number of rotatable bonds is 5. The molecule has 5 nitrogen and oxygen atoms in total. The first kappa shape index (κ1) is 17.1. The Kier molecular flexibility index (Phi) is 5.13. The van der Waals surface area contributed by atoms with Crippen LogP contribution in [-0.2, 0) is 4.79 Å². The fraction of sp³-hybridized carbons (Fsp3) is 0.125. The molecule has 7 heteroatoms. The Morgan fingerprint density at radius 2 is 1.65 bits per heavy atom. The van der Waals surface area contributed by atoms with Crippen molar-refractivity contribution in [2.24, 2.45) is 0 Å². The summed E-state index contributed by atoms with van der Waals surface area (Å²) in [6.45, 7) is 1.35. The monoisotopic (exact) mass is 354 g/mol. The summed E-state index contributed by atoms with van der Waals surface area (Å²) < 4.78 is 5.18. The SMILES string of the molecule is C[C@H](Oc1ccc(C(=O)c2ccc(O)cc2)c(Cl)c1Cl)C(=O)O. The number of carboxylic acid groups (broad SMARTS) is 1. The molecular formula is C16H12Cl2O5. The van der Waals surface area contributed by atoms with E-state index in [1.54, 1.807) is 0 Å². The zero-order valence-corrected chi connectivity index (χ0v) is 13.4. The molecule has 0 aliphatic heterocycles. The van der Waals surface area contributed by atoms with Gasteiger partial charge in [0.2, 0.25) is 0 Å². The smallest absolute Gasteiger partial charge is 0.344 e. The van der Waals surface area contributed by atoms with Crippen LogP contribution in [-0.4, -0.2) is 28.1 Å². The van der Waals surface area contributed by atoms with Gasteiger partial charge in [0.1, 0.15) is 16.5 Å². The van der Waals surface area contributed by atoms with Gasteiger partial charge in [-0.25, -0.2) is 4.79 Å². The lowest BCUT2D eigenvalue weighted by atomic mass is 10.0. The molecule has 2 rings (SSSR count). The molecule has 0 saturated carbocycles. The van der Waals surface area contributed by atoms with Crippen molar-refractivity contribution < 1.29 is 24.5 Å². The summed E-state index contributed by atoms with van der Waals surface area (Å²) in [7, 11) is 0. The van der Waals surface area contributed by atoms with Crippen LogP contribution in [0.1, 0.15) is 22.8 Å². The van der Waals surface area contributed by atoms with E-state index in [4.69, 9.17) is 33.0 Å². The second kappa shape index (κ2) is 6.89. The molecular weight excluding hydrogens is 343 g/mol. The maximum Gasteiger partial charge on any atom is 0.344 e. The van der Waals surface area contributed by atoms with E-state index in [2.05, 4.69) is 0 Å². The van der Waals surface area contributed by atoms with E-state index in [1.807, 2.05) is 0 Å². The highest BCUT2D eigenvalue weighted by Crippen LogP contribution is 2.36. The average molecular weight is 355 g/mol. The number of ketones is 1. The topological polar surface area (TPSA) is 83.8 Å². The molecule has 0 unspecified atom stereocenters. The third kappa shape index (κ3) is 3.75. The first-order valence-electron chi connectivity index (χ1n) is 6.52. The number of carboxylic acids is 1. The Morgan fingerprint density at radius 1 is 1.04 bits per heavy atom. The summed E-state index contributed by atoms with van der Waals surface area (Å²) in [5.74, 6) is -1.41. The number of benzene rings is 2.